The van der Waals surface area contributed by atoms with Crippen LogP contribution in [0, 0.1) is 13.8 Å². The van der Waals surface area contributed by atoms with E-state index in [1.807, 2.05) is 49.4 Å². The van der Waals surface area contributed by atoms with E-state index in [9.17, 15) is 5.11 Å². The van der Waals surface area contributed by atoms with Gasteiger partial charge in [0.2, 0.25) is 0 Å². The van der Waals surface area contributed by atoms with Gasteiger partial charge in [-0.1, -0.05) is 42.5 Å². The summed E-state index contributed by atoms with van der Waals surface area (Å²) >= 11 is 0. The molecular weight excluding hydrogens is 248 g/mol. The Balaban J connectivity index is 1.91. The molecule has 1 aromatic heterocycles. The van der Waals surface area contributed by atoms with Crippen molar-refractivity contribution in [2.45, 2.75) is 26.4 Å². The van der Waals surface area contributed by atoms with Crippen LogP contribution in [0.4, 0.5) is 0 Å². The number of hydrogen-bond acceptors (Lipinski definition) is 2. The van der Waals surface area contributed by atoms with E-state index in [0.717, 1.165) is 22.1 Å². The van der Waals surface area contributed by atoms with Crippen molar-refractivity contribution in [2.24, 2.45) is 0 Å². The lowest BCUT2D eigenvalue weighted by Crippen LogP contribution is -2.01. The molecule has 102 valence electrons. The SMILES string of the molecule is Cc1ccccc1CC(O)c1cc2cccc(C)c2o1. The third-order valence-corrected chi connectivity index (χ3v) is 3.76. The first-order chi connectivity index (χ1) is 9.65. The minimum Gasteiger partial charge on any atom is -0.458 e. The van der Waals surface area contributed by atoms with Gasteiger partial charge in [0.05, 0.1) is 0 Å². The van der Waals surface area contributed by atoms with Crippen LogP contribution in [-0.2, 0) is 6.42 Å². The van der Waals surface area contributed by atoms with Crippen LogP contribution in [-0.4, -0.2) is 5.11 Å². The van der Waals surface area contributed by atoms with E-state index < -0.39 is 6.10 Å². The molecule has 2 heteroatoms. The Morgan fingerprint density at radius 2 is 1.75 bits per heavy atom. The summed E-state index contributed by atoms with van der Waals surface area (Å²) in [6, 6.07) is 16.1. The lowest BCUT2D eigenvalue weighted by Gasteiger charge is -2.09. The number of furan rings is 1. The average molecular weight is 266 g/mol. The maximum atomic E-state index is 10.4. The maximum Gasteiger partial charge on any atom is 0.137 e. The molecule has 2 nitrogen and oxygen atoms in total. The first kappa shape index (κ1) is 12.9. The molecule has 0 aliphatic carbocycles. The average Bonchev–Trinajstić information content (AvgIpc) is 2.87. The molecule has 1 atom stereocenters. The molecule has 0 spiro atoms. The van der Waals surface area contributed by atoms with Crippen molar-refractivity contribution in [3.05, 3.63) is 71.0 Å². The van der Waals surface area contributed by atoms with Crippen molar-refractivity contribution in [3.63, 3.8) is 0 Å². The third-order valence-electron chi connectivity index (χ3n) is 3.76. The molecule has 0 fully saturated rings. The summed E-state index contributed by atoms with van der Waals surface area (Å²) in [5.41, 5.74) is 4.30. The highest BCUT2D eigenvalue weighted by Crippen LogP contribution is 2.28. The maximum absolute atomic E-state index is 10.4. The summed E-state index contributed by atoms with van der Waals surface area (Å²) in [4.78, 5) is 0. The topological polar surface area (TPSA) is 33.4 Å². The standard InChI is InChI=1S/C18H18O2/c1-12-6-3-4-8-14(12)10-16(19)17-11-15-9-5-7-13(2)18(15)20-17/h3-9,11,16,19H,10H2,1-2H3. The lowest BCUT2D eigenvalue weighted by atomic mass is 10.0. The normalized spacial score (nSPS) is 12.8. The number of para-hydroxylation sites is 1. The molecule has 0 saturated carbocycles. The largest absolute Gasteiger partial charge is 0.458 e. The smallest absolute Gasteiger partial charge is 0.137 e. The van der Waals surface area contributed by atoms with Crippen LogP contribution in [0.25, 0.3) is 11.0 Å². The Hall–Kier alpha value is -2.06. The highest BCUT2D eigenvalue weighted by atomic mass is 16.4. The first-order valence-electron chi connectivity index (χ1n) is 6.87. The van der Waals surface area contributed by atoms with E-state index in [2.05, 4.69) is 13.0 Å². The molecule has 0 aliphatic heterocycles. The number of aliphatic hydroxyl groups is 1. The minimum atomic E-state index is -0.608. The summed E-state index contributed by atoms with van der Waals surface area (Å²) in [6.45, 7) is 4.08. The van der Waals surface area contributed by atoms with Gasteiger partial charge in [0.15, 0.2) is 0 Å². The van der Waals surface area contributed by atoms with Gasteiger partial charge < -0.3 is 9.52 Å². The van der Waals surface area contributed by atoms with Crippen molar-refractivity contribution in [2.75, 3.05) is 0 Å². The molecule has 0 radical (unpaired) electrons. The number of hydrogen-bond donors (Lipinski definition) is 1. The lowest BCUT2D eigenvalue weighted by molar-refractivity contribution is 0.152. The van der Waals surface area contributed by atoms with E-state index in [4.69, 9.17) is 4.42 Å². The second kappa shape index (κ2) is 5.14. The number of fused-ring (bicyclic) bond motifs is 1. The molecule has 1 N–H and O–H groups in total. The molecule has 20 heavy (non-hydrogen) atoms. The van der Waals surface area contributed by atoms with Crippen LogP contribution in [0.2, 0.25) is 0 Å². The van der Waals surface area contributed by atoms with Crippen LogP contribution in [0.3, 0.4) is 0 Å². The summed E-state index contributed by atoms with van der Waals surface area (Å²) in [6.07, 6.45) is -0.0335. The van der Waals surface area contributed by atoms with Gasteiger partial charge in [-0.3, -0.25) is 0 Å². The zero-order chi connectivity index (χ0) is 14.1. The van der Waals surface area contributed by atoms with Gasteiger partial charge in [-0.15, -0.1) is 0 Å². The Kier molecular flexibility index (Phi) is 3.33. The Bertz CT molecular complexity index is 740. The van der Waals surface area contributed by atoms with E-state index >= 15 is 0 Å². The number of benzene rings is 2. The van der Waals surface area contributed by atoms with Gasteiger partial charge in [-0.25, -0.2) is 0 Å². The molecule has 0 aliphatic rings. The number of aryl methyl sites for hydroxylation is 2. The second-order valence-electron chi connectivity index (χ2n) is 5.29. The predicted octanol–water partition coefficient (Wildman–Crippen LogP) is 4.33. The molecule has 0 amide bonds. The predicted molar refractivity (Wildman–Crippen MR) is 80.8 cm³/mol. The number of rotatable bonds is 3. The van der Waals surface area contributed by atoms with Gasteiger partial charge in [-0.05, 0) is 36.6 Å². The molecule has 1 unspecified atom stereocenters. The molecule has 3 aromatic rings. The summed E-state index contributed by atoms with van der Waals surface area (Å²) in [7, 11) is 0. The Morgan fingerprint density at radius 1 is 1.00 bits per heavy atom. The molecule has 2 aromatic carbocycles. The van der Waals surface area contributed by atoms with Crippen molar-refractivity contribution < 1.29 is 9.52 Å². The van der Waals surface area contributed by atoms with Crippen LogP contribution < -0.4 is 0 Å². The van der Waals surface area contributed by atoms with Crippen molar-refractivity contribution >= 4 is 11.0 Å². The zero-order valence-electron chi connectivity index (χ0n) is 11.8. The van der Waals surface area contributed by atoms with Crippen molar-refractivity contribution in [1.29, 1.82) is 0 Å². The zero-order valence-corrected chi connectivity index (χ0v) is 11.8. The molecular formula is C18H18O2. The minimum absolute atomic E-state index is 0.575. The fourth-order valence-electron chi connectivity index (χ4n) is 2.54. The molecule has 3 rings (SSSR count). The van der Waals surface area contributed by atoms with E-state index in [1.54, 1.807) is 0 Å². The quantitative estimate of drug-likeness (QED) is 0.765. The van der Waals surface area contributed by atoms with Gasteiger partial charge in [0.1, 0.15) is 17.4 Å². The Labute approximate surface area is 118 Å². The van der Waals surface area contributed by atoms with Gasteiger partial charge in [0.25, 0.3) is 0 Å². The molecule has 0 bridgehead atoms. The summed E-state index contributed by atoms with van der Waals surface area (Å²) < 4.78 is 5.82. The third kappa shape index (κ3) is 2.35. The summed E-state index contributed by atoms with van der Waals surface area (Å²) in [5.74, 6) is 0.637. The fraction of sp³-hybridized carbons (Fsp3) is 0.222. The number of aliphatic hydroxyl groups excluding tert-OH is 1. The van der Waals surface area contributed by atoms with Crippen molar-refractivity contribution in [3.8, 4) is 0 Å². The van der Waals surface area contributed by atoms with Gasteiger partial charge in [-0.2, -0.15) is 0 Å². The highest BCUT2D eigenvalue weighted by Gasteiger charge is 2.15. The van der Waals surface area contributed by atoms with Crippen LogP contribution in [0.15, 0.2) is 52.9 Å². The van der Waals surface area contributed by atoms with Gasteiger partial charge >= 0.3 is 0 Å². The van der Waals surface area contributed by atoms with Crippen LogP contribution in [0.1, 0.15) is 28.6 Å². The first-order valence-corrected chi connectivity index (χ1v) is 6.87. The van der Waals surface area contributed by atoms with Gasteiger partial charge in [0, 0.05) is 11.8 Å². The molecule has 0 saturated heterocycles. The Morgan fingerprint density at radius 3 is 2.50 bits per heavy atom. The summed E-state index contributed by atoms with van der Waals surface area (Å²) in [5, 5.41) is 11.4. The van der Waals surface area contributed by atoms with Crippen LogP contribution in [0.5, 0.6) is 0 Å². The fourth-order valence-corrected chi connectivity index (χ4v) is 2.54. The van der Waals surface area contributed by atoms with Crippen molar-refractivity contribution in [1.82, 2.24) is 0 Å². The molecule has 1 heterocycles. The van der Waals surface area contributed by atoms with E-state index in [0.29, 0.717) is 12.2 Å². The monoisotopic (exact) mass is 266 g/mol. The van der Waals surface area contributed by atoms with Crippen LogP contribution >= 0.6 is 0 Å². The highest BCUT2D eigenvalue weighted by molar-refractivity contribution is 5.80. The second-order valence-corrected chi connectivity index (χ2v) is 5.29. The van der Waals surface area contributed by atoms with E-state index in [-0.39, 0.29) is 0 Å². The van der Waals surface area contributed by atoms with E-state index in [1.165, 1.54) is 5.56 Å².